The van der Waals surface area contributed by atoms with Crippen molar-refractivity contribution in [1.29, 1.82) is 0 Å². The number of hydrogen-bond acceptors (Lipinski definition) is 7. The zero-order valence-electron chi connectivity index (χ0n) is 13.5. The van der Waals surface area contributed by atoms with Crippen LogP contribution in [0.3, 0.4) is 0 Å². The minimum absolute atomic E-state index is 0.213. The van der Waals surface area contributed by atoms with Crippen molar-refractivity contribution < 1.29 is 34.1 Å². The van der Waals surface area contributed by atoms with Gasteiger partial charge in [0.25, 0.3) is 0 Å². The molecule has 2 N–H and O–H groups in total. The van der Waals surface area contributed by atoms with Gasteiger partial charge in [0, 0.05) is 21.2 Å². The van der Waals surface area contributed by atoms with E-state index in [2.05, 4.69) is 9.47 Å². The summed E-state index contributed by atoms with van der Waals surface area (Å²) in [5, 5.41) is 20.2. The van der Waals surface area contributed by atoms with E-state index in [0.29, 0.717) is 0 Å². The van der Waals surface area contributed by atoms with Crippen LogP contribution in [0.15, 0.2) is 24.3 Å². The molecule has 0 aliphatic rings. The van der Waals surface area contributed by atoms with Crippen LogP contribution in [0.25, 0.3) is 0 Å². The molecule has 0 saturated heterocycles. The Morgan fingerprint density at radius 1 is 0.769 bits per heavy atom. The van der Waals surface area contributed by atoms with Crippen molar-refractivity contribution in [3.63, 3.8) is 0 Å². The van der Waals surface area contributed by atoms with Gasteiger partial charge in [-0.3, -0.25) is 0 Å². The molecular weight excluding hydrogens is 387 g/mol. The number of rotatable bonds is 2. The summed E-state index contributed by atoms with van der Waals surface area (Å²) in [6, 6.07) is 4.96. The summed E-state index contributed by atoms with van der Waals surface area (Å²) in [5.74, 6) is -3.41. The lowest BCUT2D eigenvalue weighted by Gasteiger charge is -2.09. The molecule has 26 heavy (non-hydrogen) atoms. The summed E-state index contributed by atoms with van der Waals surface area (Å²) in [7, 11) is 0. The molecule has 0 aromatic heterocycles. The van der Waals surface area contributed by atoms with Gasteiger partial charge >= 0.3 is 18.1 Å². The number of carbonyl (C=O) groups is 3. The van der Waals surface area contributed by atoms with Crippen molar-refractivity contribution in [2.75, 3.05) is 0 Å². The van der Waals surface area contributed by atoms with Crippen LogP contribution in [0.4, 0.5) is 4.79 Å². The van der Waals surface area contributed by atoms with Gasteiger partial charge in [0.15, 0.2) is 0 Å². The van der Waals surface area contributed by atoms with Crippen LogP contribution in [-0.4, -0.2) is 28.3 Å². The molecule has 2 aromatic rings. The normalized spacial score (nSPS) is 10.3. The third kappa shape index (κ3) is 3.89. The van der Waals surface area contributed by atoms with Crippen LogP contribution in [0, 0.1) is 13.8 Å². The molecule has 0 spiro atoms. The minimum Gasteiger partial charge on any atom is -0.507 e. The molecule has 0 aliphatic carbocycles. The molecule has 7 nitrogen and oxygen atoms in total. The van der Waals surface area contributed by atoms with Crippen LogP contribution in [-0.2, 0) is 9.47 Å². The molecule has 9 heteroatoms. The van der Waals surface area contributed by atoms with Gasteiger partial charge in [-0.2, -0.15) is 0 Å². The lowest BCUT2D eigenvalue weighted by atomic mass is 10.1. The SMILES string of the molecule is Cc1c(Cl)ccc(C(=O)OC(=O)OC(=O)c2ccc(Cl)c(C)c2O)c1O. The summed E-state index contributed by atoms with van der Waals surface area (Å²) in [6.45, 7) is 2.92. The number of esters is 2. The summed E-state index contributed by atoms with van der Waals surface area (Å²) < 4.78 is 8.73. The van der Waals surface area contributed by atoms with Crippen LogP contribution in [0.1, 0.15) is 31.8 Å². The largest absolute Gasteiger partial charge is 0.524 e. The van der Waals surface area contributed by atoms with Gasteiger partial charge in [-0.15, -0.1) is 0 Å². The second-order valence-corrected chi connectivity index (χ2v) is 5.98. The first-order valence-corrected chi connectivity index (χ1v) is 7.83. The second kappa shape index (κ2) is 7.63. The molecule has 136 valence electrons. The molecule has 0 unspecified atom stereocenters. The maximum absolute atomic E-state index is 11.9. The standard InChI is InChI=1S/C17H12Cl2O7/c1-7-11(18)5-3-9(13(7)20)15(22)25-17(24)26-16(23)10-4-6-12(19)8(2)14(10)21/h3-6,20-21H,1-2H3. The van der Waals surface area contributed by atoms with Crippen LogP contribution >= 0.6 is 23.2 Å². The second-order valence-electron chi connectivity index (χ2n) is 5.17. The van der Waals surface area contributed by atoms with Gasteiger partial charge in [0.2, 0.25) is 0 Å². The quantitative estimate of drug-likeness (QED) is 0.577. The van der Waals surface area contributed by atoms with E-state index >= 15 is 0 Å². The first-order valence-electron chi connectivity index (χ1n) is 7.08. The molecule has 0 heterocycles. The van der Waals surface area contributed by atoms with Crippen molar-refractivity contribution in [1.82, 2.24) is 0 Å². The van der Waals surface area contributed by atoms with Gasteiger partial charge in [-0.25, -0.2) is 14.4 Å². The molecule has 2 rings (SSSR count). The predicted molar refractivity (Wildman–Crippen MR) is 91.9 cm³/mol. The summed E-state index contributed by atoms with van der Waals surface area (Å²) in [5.41, 5.74) is -0.234. The van der Waals surface area contributed by atoms with Gasteiger partial charge in [-0.05, 0) is 38.1 Å². The Kier molecular flexibility index (Phi) is 5.74. The number of carbonyl (C=O) groups excluding carboxylic acids is 3. The molecular formula is C17H12Cl2O7. The molecule has 2 aromatic carbocycles. The number of ether oxygens (including phenoxy) is 2. The Balaban J connectivity index is 2.12. The fourth-order valence-corrected chi connectivity index (χ4v) is 2.27. The number of benzene rings is 2. The van der Waals surface area contributed by atoms with Crippen LogP contribution < -0.4 is 0 Å². The molecule has 0 saturated carbocycles. The Labute approximate surface area is 157 Å². The van der Waals surface area contributed by atoms with Crippen molar-refractivity contribution in [3.05, 3.63) is 56.6 Å². The predicted octanol–water partition coefficient (Wildman–Crippen LogP) is 4.16. The van der Waals surface area contributed by atoms with Crippen LogP contribution in [0.2, 0.25) is 10.0 Å². The first-order chi connectivity index (χ1) is 12.1. The zero-order valence-corrected chi connectivity index (χ0v) is 15.0. The number of hydrogen-bond donors (Lipinski definition) is 2. The van der Waals surface area contributed by atoms with E-state index in [1.165, 1.54) is 26.0 Å². The Morgan fingerprint density at radius 3 is 1.46 bits per heavy atom. The monoisotopic (exact) mass is 398 g/mol. The highest BCUT2D eigenvalue weighted by molar-refractivity contribution is 6.32. The van der Waals surface area contributed by atoms with E-state index in [-0.39, 0.29) is 32.3 Å². The minimum atomic E-state index is -1.63. The van der Waals surface area contributed by atoms with Gasteiger partial charge in [-0.1, -0.05) is 23.2 Å². The van der Waals surface area contributed by atoms with Gasteiger partial charge in [0.05, 0.1) is 0 Å². The van der Waals surface area contributed by atoms with E-state index in [4.69, 9.17) is 23.2 Å². The fourth-order valence-electron chi connectivity index (χ4n) is 1.96. The highest BCUT2D eigenvalue weighted by Crippen LogP contribution is 2.30. The molecule has 0 fully saturated rings. The summed E-state index contributed by atoms with van der Waals surface area (Å²) in [4.78, 5) is 35.5. The third-order valence-electron chi connectivity index (χ3n) is 3.52. The topological polar surface area (TPSA) is 110 Å². The fraction of sp³-hybridized carbons (Fsp3) is 0.118. The van der Waals surface area contributed by atoms with Crippen molar-refractivity contribution in [2.45, 2.75) is 13.8 Å². The van der Waals surface area contributed by atoms with E-state index in [1.54, 1.807) is 0 Å². The molecule has 0 bridgehead atoms. The lowest BCUT2D eigenvalue weighted by Crippen LogP contribution is -2.18. The summed E-state index contributed by atoms with van der Waals surface area (Å²) in [6.07, 6.45) is -1.63. The number of phenolic OH excluding ortho intramolecular Hbond substituents is 2. The molecule has 0 amide bonds. The Morgan fingerprint density at radius 2 is 1.12 bits per heavy atom. The third-order valence-corrected chi connectivity index (χ3v) is 4.34. The number of phenols is 2. The molecule has 0 aliphatic heterocycles. The van der Waals surface area contributed by atoms with E-state index in [0.717, 1.165) is 12.1 Å². The number of halogens is 2. The maximum Gasteiger partial charge on any atom is 0.524 e. The first kappa shape index (κ1) is 19.6. The smallest absolute Gasteiger partial charge is 0.507 e. The zero-order chi connectivity index (χ0) is 19.6. The summed E-state index contributed by atoms with van der Waals surface area (Å²) >= 11 is 11.6. The lowest BCUT2D eigenvalue weighted by molar-refractivity contribution is 0.0335. The average Bonchev–Trinajstić information content (AvgIpc) is 2.57. The van der Waals surface area contributed by atoms with E-state index in [1.807, 2.05) is 0 Å². The Hall–Kier alpha value is -2.77. The van der Waals surface area contributed by atoms with Crippen LogP contribution in [0.5, 0.6) is 11.5 Å². The van der Waals surface area contributed by atoms with Crippen molar-refractivity contribution in [3.8, 4) is 11.5 Å². The average molecular weight is 399 g/mol. The van der Waals surface area contributed by atoms with Crippen molar-refractivity contribution in [2.24, 2.45) is 0 Å². The Bertz CT molecular complexity index is 848. The number of aromatic hydroxyl groups is 2. The highest BCUT2D eigenvalue weighted by Gasteiger charge is 2.24. The molecule has 0 radical (unpaired) electrons. The maximum atomic E-state index is 11.9. The molecule has 0 atom stereocenters. The van der Waals surface area contributed by atoms with E-state index in [9.17, 15) is 24.6 Å². The van der Waals surface area contributed by atoms with Gasteiger partial charge < -0.3 is 19.7 Å². The highest BCUT2D eigenvalue weighted by atomic mass is 35.5. The van der Waals surface area contributed by atoms with Gasteiger partial charge in [0.1, 0.15) is 22.6 Å². The van der Waals surface area contributed by atoms with E-state index < -0.39 is 29.6 Å². The van der Waals surface area contributed by atoms with Crippen molar-refractivity contribution >= 4 is 41.3 Å².